The molecule has 2 aromatic heterocycles. The lowest BCUT2D eigenvalue weighted by molar-refractivity contribution is 0.298. The first-order valence-corrected chi connectivity index (χ1v) is 9.44. The molecule has 1 N–H and O–H groups in total. The summed E-state index contributed by atoms with van der Waals surface area (Å²) in [6.45, 7) is 2.58. The van der Waals surface area contributed by atoms with E-state index < -0.39 is 5.82 Å². The number of aryl methyl sites for hydroxylation is 1. The Morgan fingerprint density at radius 2 is 1.93 bits per heavy atom. The van der Waals surface area contributed by atoms with Gasteiger partial charge in [0.2, 0.25) is 0 Å². The molecular weight excluding hydrogens is 369 g/mol. The number of hydrogen-bond acceptors (Lipinski definition) is 4. The van der Waals surface area contributed by atoms with Gasteiger partial charge in [0.1, 0.15) is 12.4 Å². The fraction of sp³-hybridized carbons (Fsp3) is 0.174. The molecule has 0 bridgehead atoms. The van der Waals surface area contributed by atoms with Gasteiger partial charge in [0.25, 0.3) is 0 Å². The summed E-state index contributed by atoms with van der Waals surface area (Å²) in [7, 11) is 0. The average molecular weight is 391 g/mol. The smallest absolute Gasteiger partial charge is 0.166 e. The summed E-state index contributed by atoms with van der Waals surface area (Å²) in [5, 5.41) is 12.3. The number of aromatic nitrogens is 2. The molecule has 0 radical (unpaired) electrons. The Kier molecular flexibility index (Phi) is 5.44. The molecule has 4 aromatic rings. The van der Waals surface area contributed by atoms with E-state index in [9.17, 15) is 9.50 Å². The van der Waals surface area contributed by atoms with Crippen LogP contribution in [0, 0.1) is 12.7 Å². The second kappa shape index (κ2) is 8.32. The van der Waals surface area contributed by atoms with Gasteiger partial charge in [-0.1, -0.05) is 30.3 Å². The minimum Gasteiger partial charge on any atom is -0.489 e. The SMILES string of the molecule is Cc1cc2cc(OCc3ccccc3)ccc2n1N(CCO)c1ccncc1F. The number of halogens is 1. The van der Waals surface area contributed by atoms with Gasteiger partial charge < -0.3 is 9.84 Å². The average Bonchev–Trinajstić information content (AvgIpc) is 3.07. The van der Waals surface area contributed by atoms with E-state index in [1.54, 1.807) is 17.3 Å². The normalized spacial score (nSPS) is 11.0. The standard InChI is InChI=1S/C23H22FN3O2/c1-17-13-19-14-20(29-16-18-5-3-2-4-6-18)7-8-22(19)27(17)26(11-12-28)23-9-10-25-15-21(23)24/h2-10,13-15,28H,11-12,16H2,1H3. The summed E-state index contributed by atoms with van der Waals surface area (Å²) in [5.74, 6) is 0.326. The molecule has 0 atom stereocenters. The van der Waals surface area contributed by atoms with Crippen molar-refractivity contribution in [1.29, 1.82) is 0 Å². The van der Waals surface area contributed by atoms with Crippen molar-refractivity contribution in [3.05, 3.63) is 90.1 Å². The van der Waals surface area contributed by atoms with Crippen LogP contribution in [0.15, 0.2) is 73.1 Å². The topological polar surface area (TPSA) is 50.5 Å². The van der Waals surface area contributed by atoms with Gasteiger partial charge in [-0.25, -0.2) is 4.39 Å². The van der Waals surface area contributed by atoms with E-state index in [1.165, 1.54) is 6.20 Å². The largest absolute Gasteiger partial charge is 0.489 e. The number of ether oxygens (including phenoxy) is 1. The minimum atomic E-state index is -0.440. The van der Waals surface area contributed by atoms with Crippen LogP contribution in [0.2, 0.25) is 0 Å². The highest BCUT2D eigenvalue weighted by Gasteiger charge is 2.17. The number of pyridine rings is 1. The fourth-order valence-corrected chi connectivity index (χ4v) is 3.47. The maximum atomic E-state index is 14.4. The third-order valence-corrected chi connectivity index (χ3v) is 4.76. The summed E-state index contributed by atoms with van der Waals surface area (Å²) < 4.78 is 22.2. The van der Waals surface area contributed by atoms with E-state index in [0.717, 1.165) is 27.9 Å². The maximum absolute atomic E-state index is 14.4. The summed E-state index contributed by atoms with van der Waals surface area (Å²) in [4.78, 5) is 3.82. The molecule has 0 spiro atoms. The van der Waals surface area contributed by atoms with Crippen LogP contribution in [0.5, 0.6) is 5.75 Å². The predicted octanol–water partition coefficient (Wildman–Crippen LogP) is 4.32. The Balaban J connectivity index is 1.68. The van der Waals surface area contributed by atoms with Crippen molar-refractivity contribution in [2.24, 2.45) is 0 Å². The van der Waals surface area contributed by atoms with Crippen LogP contribution < -0.4 is 9.75 Å². The van der Waals surface area contributed by atoms with Crippen LogP contribution >= 0.6 is 0 Å². The Morgan fingerprint density at radius 1 is 1.10 bits per heavy atom. The van der Waals surface area contributed by atoms with Crippen LogP contribution in [0.25, 0.3) is 10.9 Å². The number of nitrogens with zero attached hydrogens (tertiary/aromatic N) is 3. The van der Waals surface area contributed by atoms with Gasteiger partial charge in [-0.2, -0.15) is 0 Å². The number of fused-ring (bicyclic) bond motifs is 1. The van der Waals surface area contributed by atoms with Crippen LogP contribution in [-0.4, -0.2) is 27.9 Å². The molecule has 5 nitrogen and oxygen atoms in total. The Hall–Kier alpha value is -3.38. The van der Waals surface area contributed by atoms with E-state index in [2.05, 4.69) is 4.98 Å². The highest BCUT2D eigenvalue weighted by molar-refractivity contribution is 5.83. The highest BCUT2D eigenvalue weighted by Crippen LogP contribution is 2.28. The van der Waals surface area contributed by atoms with Crippen molar-refractivity contribution in [1.82, 2.24) is 9.66 Å². The summed E-state index contributed by atoms with van der Waals surface area (Å²) in [6.07, 6.45) is 2.72. The van der Waals surface area contributed by atoms with Crippen LogP contribution in [0.3, 0.4) is 0 Å². The summed E-state index contributed by atoms with van der Waals surface area (Å²) >= 11 is 0. The van der Waals surface area contributed by atoms with Crippen LogP contribution in [0.4, 0.5) is 10.1 Å². The molecule has 0 aliphatic carbocycles. The van der Waals surface area contributed by atoms with Crippen LogP contribution in [-0.2, 0) is 6.61 Å². The molecule has 29 heavy (non-hydrogen) atoms. The Morgan fingerprint density at radius 3 is 2.69 bits per heavy atom. The van der Waals surface area contributed by atoms with Crippen molar-refractivity contribution in [2.75, 3.05) is 18.2 Å². The number of aliphatic hydroxyl groups excluding tert-OH is 1. The van der Waals surface area contributed by atoms with Crippen molar-refractivity contribution in [2.45, 2.75) is 13.5 Å². The second-order valence-electron chi connectivity index (χ2n) is 6.77. The maximum Gasteiger partial charge on any atom is 0.166 e. The monoisotopic (exact) mass is 391 g/mol. The second-order valence-corrected chi connectivity index (χ2v) is 6.77. The molecule has 4 rings (SSSR count). The first-order valence-electron chi connectivity index (χ1n) is 9.44. The molecule has 2 heterocycles. The van der Waals surface area contributed by atoms with Gasteiger partial charge in [-0.05, 0) is 42.8 Å². The molecule has 0 aliphatic rings. The Labute approximate surface area is 168 Å². The summed E-state index contributed by atoms with van der Waals surface area (Å²) in [6, 6.07) is 19.4. The van der Waals surface area contributed by atoms with Crippen molar-refractivity contribution >= 4 is 16.6 Å². The molecule has 0 aliphatic heterocycles. The molecule has 0 unspecified atom stereocenters. The quantitative estimate of drug-likeness (QED) is 0.510. The highest BCUT2D eigenvalue weighted by atomic mass is 19.1. The minimum absolute atomic E-state index is 0.112. The number of benzene rings is 2. The Bertz CT molecular complexity index is 1110. The molecule has 6 heteroatoms. The molecule has 0 fully saturated rings. The zero-order valence-electron chi connectivity index (χ0n) is 16.1. The lowest BCUT2D eigenvalue weighted by atomic mass is 10.2. The first kappa shape index (κ1) is 19.0. The van der Waals surface area contributed by atoms with E-state index in [0.29, 0.717) is 12.3 Å². The van der Waals surface area contributed by atoms with Gasteiger partial charge in [-0.15, -0.1) is 0 Å². The number of hydrogen-bond donors (Lipinski definition) is 1. The first-order chi connectivity index (χ1) is 14.2. The van der Waals surface area contributed by atoms with Gasteiger partial charge in [0.05, 0.1) is 30.6 Å². The van der Waals surface area contributed by atoms with E-state index >= 15 is 0 Å². The lowest BCUT2D eigenvalue weighted by Gasteiger charge is -2.28. The van der Waals surface area contributed by atoms with Crippen molar-refractivity contribution < 1.29 is 14.2 Å². The van der Waals surface area contributed by atoms with E-state index in [4.69, 9.17) is 4.74 Å². The number of aliphatic hydroxyl groups is 1. The summed E-state index contributed by atoms with van der Waals surface area (Å²) in [5.41, 5.74) is 3.28. The van der Waals surface area contributed by atoms with Crippen LogP contribution in [0.1, 0.15) is 11.3 Å². The van der Waals surface area contributed by atoms with E-state index in [-0.39, 0.29) is 13.2 Å². The van der Waals surface area contributed by atoms with Gasteiger partial charge >= 0.3 is 0 Å². The van der Waals surface area contributed by atoms with E-state index in [1.807, 2.05) is 66.2 Å². The number of rotatable bonds is 7. The van der Waals surface area contributed by atoms with Crippen molar-refractivity contribution in [3.8, 4) is 5.75 Å². The third kappa shape index (κ3) is 3.93. The molecular formula is C23H22FN3O2. The molecule has 148 valence electrons. The van der Waals surface area contributed by atoms with Gasteiger partial charge in [0, 0.05) is 17.3 Å². The predicted molar refractivity (Wildman–Crippen MR) is 111 cm³/mol. The lowest BCUT2D eigenvalue weighted by Crippen LogP contribution is -2.33. The zero-order chi connectivity index (χ0) is 20.2. The number of anilines is 1. The molecule has 2 aromatic carbocycles. The molecule has 0 saturated carbocycles. The molecule has 0 saturated heterocycles. The van der Waals surface area contributed by atoms with Crippen molar-refractivity contribution in [3.63, 3.8) is 0 Å². The van der Waals surface area contributed by atoms with Gasteiger partial charge in [-0.3, -0.25) is 14.7 Å². The van der Waals surface area contributed by atoms with Gasteiger partial charge in [0.15, 0.2) is 5.82 Å². The zero-order valence-corrected chi connectivity index (χ0v) is 16.1. The molecule has 0 amide bonds. The fourth-order valence-electron chi connectivity index (χ4n) is 3.47. The third-order valence-electron chi connectivity index (χ3n) is 4.76.